The standard InChI is InChI=1S/C24H32N4O4/c1-17-23(18(2)32-25-17)24(30)28-10-9-21(31-20-7-5-4-6-8-20)19(16-28)15-22(29)27-13-11-26(3)12-14-27/h4-8,19,21H,9-16H2,1-3H3/t19-,21-/m0/s1. The SMILES string of the molecule is Cc1noc(C)c1C(=O)N1CC[C@H](Oc2ccccc2)[C@@H](CC(=O)N2CCN(C)CC2)C1. The zero-order valence-electron chi connectivity index (χ0n) is 19.1. The van der Waals surface area contributed by atoms with Crippen LogP contribution >= 0.6 is 0 Å². The summed E-state index contributed by atoms with van der Waals surface area (Å²) in [5.74, 6) is 1.29. The number of aromatic nitrogens is 1. The van der Waals surface area contributed by atoms with Gasteiger partial charge in [0.25, 0.3) is 5.91 Å². The molecule has 2 aliphatic rings. The van der Waals surface area contributed by atoms with Crippen molar-refractivity contribution >= 4 is 11.8 Å². The fourth-order valence-corrected chi connectivity index (χ4v) is 4.58. The van der Waals surface area contributed by atoms with Crippen LogP contribution < -0.4 is 4.74 Å². The number of rotatable bonds is 5. The van der Waals surface area contributed by atoms with Gasteiger partial charge in [0.2, 0.25) is 5.91 Å². The molecular formula is C24H32N4O4. The normalized spacial score (nSPS) is 22.1. The van der Waals surface area contributed by atoms with Crippen molar-refractivity contribution in [2.75, 3.05) is 46.3 Å². The molecule has 2 fully saturated rings. The fourth-order valence-electron chi connectivity index (χ4n) is 4.58. The summed E-state index contributed by atoms with van der Waals surface area (Å²) in [7, 11) is 2.07. The average molecular weight is 441 g/mol. The van der Waals surface area contributed by atoms with E-state index >= 15 is 0 Å². The molecule has 2 amide bonds. The number of piperidine rings is 1. The van der Waals surface area contributed by atoms with E-state index in [2.05, 4.69) is 17.1 Å². The molecule has 0 spiro atoms. The summed E-state index contributed by atoms with van der Waals surface area (Å²) in [6.45, 7) is 7.84. The lowest BCUT2D eigenvalue weighted by Gasteiger charge is -2.40. The van der Waals surface area contributed by atoms with Gasteiger partial charge in [-0.1, -0.05) is 23.4 Å². The van der Waals surface area contributed by atoms with Gasteiger partial charge >= 0.3 is 0 Å². The zero-order valence-corrected chi connectivity index (χ0v) is 19.1. The minimum Gasteiger partial charge on any atom is -0.490 e. The molecule has 8 heteroatoms. The molecular weight excluding hydrogens is 408 g/mol. The summed E-state index contributed by atoms with van der Waals surface area (Å²) in [5.41, 5.74) is 1.12. The van der Waals surface area contributed by atoms with Crippen LogP contribution in [0.3, 0.4) is 0 Å². The van der Waals surface area contributed by atoms with E-state index in [0.29, 0.717) is 42.9 Å². The van der Waals surface area contributed by atoms with E-state index in [9.17, 15) is 9.59 Å². The van der Waals surface area contributed by atoms with E-state index in [4.69, 9.17) is 9.26 Å². The summed E-state index contributed by atoms with van der Waals surface area (Å²) in [6, 6.07) is 9.69. The van der Waals surface area contributed by atoms with Crippen LogP contribution in [0.25, 0.3) is 0 Å². The maximum Gasteiger partial charge on any atom is 0.259 e. The van der Waals surface area contributed by atoms with Crippen molar-refractivity contribution in [1.29, 1.82) is 0 Å². The monoisotopic (exact) mass is 440 g/mol. The molecule has 0 bridgehead atoms. The van der Waals surface area contributed by atoms with Gasteiger partial charge in [0.15, 0.2) is 0 Å². The second-order valence-corrected chi connectivity index (χ2v) is 8.86. The number of para-hydroxylation sites is 1. The zero-order chi connectivity index (χ0) is 22.7. The highest BCUT2D eigenvalue weighted by Gasteiger charge is 2.37. The van der Waals surface area contributed by atoms with Crippen molar-refractivity contribution in [3.05, 3.63) is 47.3 Å². The Morgan fingerprint density at radius 3 is 2.44 bits per heavy atom. The molecule has 4 rings (SSSR count). The fraction of sp³-hybridized carbons (Fsp3) is 0.542. The molecule has 0 aliphatic carbocycles. The van der Waals surface area contributed by atoms with E-state index in [-0.39, 0.29) is 23.8 Å². The van der Waals surface area contributed by atoms with Gasteiger partial charge in [-0.05, 0) is 33.0 Å². The maximum atomic E-state index is 13.2. The van der Waals surface area contributed by atoms with Crippen LogP contribution in [0, 0.1) is 19.8 Å². The topological polar surface area (TPSA) is 79.1 Å². The first kappa shape index (κ1) is 22.3. The summed E-state index contributed by atoms with van der Waals surface area (Å²) >= 11 is 0. The largest absolute Gasteiger partial charge is 0.490 e. The van der Waals surface area contributed by atoms with Crippen molar-refractivity contribution in [2.24, 2.45) is 5.92 Å². The Kier molecular flexibility index (Phi) is 6.79. The van der Waals surface area contributed by atoms with Crippen molar-refractivity contribution in [2.45, 2.75) is 32.8 Å². The van der Waals surface area contributed by atoms with Gasteiger partial charge in [0, 0.05) is 58.0 Å². The Balaban J connectivity index is 1.49. The number of hydrogen-bond acceptors (Lipinski definition) is 6. The Bertz CT molecular complexity index is 917. The van der Waals surface area contributed by atoms with Crippen LogP contribution in [-0.2, 0) is 4.79 Å². The lowest BCUT2D eigenvalue weighted by Crippen LogP contribution is -2.51. The number of nitrogens with zero attached hydrogens (tertiary/aromatic N) is 4. The Morgan fingerprint density at radius 1 is 1.06 bits per heavy atom. The Morgan fingerprint density at radius 2 is 1.78 bits per heavy atom. The quantitative estimate of drug-likeness (QED) is 0.710. The second-order valence-electron chi connectivity index (χ2n) is 8.86. The number of carbonyl (C=O) groups excluding carboxylic acids is 2. The number of carbonyl (C=O) groups is 2. The highest BCUT2D eigenvalue weighted by Crippen LogP contribution is 2.28. The number of ether oxygens (including phenoxy) is 1. The van der Waals surface area contributed by atoms with Crippen molar-refractivity contribution in [1.82, 2.24) is 19.9 Å². The van der Waals surface area contributed by atoms with Gasteiger partial charge in [-0.25, -0.2) is 0 Å². The number of aryl methyl sites for hydroxylation is 2. The molecule has 1 aromatic carbocycles. The number of amides is 2. The lowest BCUT2D eigenvalue weighted by molar-refractivity contribution is -0.135. The van der Waals surface area contributed by atoms with Crippen molar-refractivity contribution < 1.29 is 18.8 Å². The summed E-state index contributed by atoms with van der Waals surface area (Å²) in [4.78, 5) is 32.3. The van der Waals surface area contributed by atoms with Crippen LogP contribution in [0.4, 0.5) is 0 Å². The summed E-state index contributed by atoms with van der Waals surface area (Å²) in [6.07, 6.45) is 0.916. The number of likely N-dealkylation sites (tertiary alicyclic amines) is 1. The molecule has 3 heterocycles. The van der Waals surface area contributed by atoms with Gasteiger partial charge in [-0.3, -0.25) is 9.59 Å². The molecule has 32 heavy (non-hydrogen) atoms. The molecule has 2 atom stereocenters. The molecule has 2 saturated heterocycles. The number of likely N-dealkylation sites (N-methyl/N-ethyl adjacent to an activating group) is 1. The lowest BCUT2D eigenvalue weighted by atomic mass is 9.90. The van der Waals surface area contributed by atoms with Crippen LogP contribution in [-0.4, -0.2) is 84.1 Å². The minimum absolute atomic E-state index is 0.0828. The van der Waals surface area contributed by atoms with E-state index in [1.54, 1.807) is 13.8 Å². The molecule has 2 aromatic rings. The molecule has 0 unspecified atom stereocenters. The molecule has 0 saturated carbocycles. The third-order valence-electron chi connectivity index (χ3n) is 6.52. The first-order valence-electron chi connectivity index (χ1n) is 11.3. The highest BCUT2D eigenvalue weighted by atomic mass is 16.5. The van der Waals surface area contributed by atoms with Gasteiger partial charge in [0.1, 0.15) is 23.2 Å². The van der Waals surface area contributed by atoms with Gasteiger partial charge < -0.3 is 24.0 Å². The molecule has 1 aromatic heterocycles. The van der Waals surface area contributed by atoms with Crippen LogP contribution in [0.15, 0.2) is 34.9 Å². The first-order chi connectivity index (χ1) is 15.4. The van der Waals surface area contributed by atoms with Crippen molar-refractivity contribution in [3.8, 4) is 5.75 Å². The second kappa shape index (κ2) is 9.73. The first-order valence-corrected chi connectivity index (χ1v) is 11.3. The molecule has 2 aliphatic heterocycles. The third kappa shape index (κ3) is 4.96. The minimum atomic E-state index is -0.123. The predicted molar refractivity (Wildman–Crippen MR) is 120 cm³/mol. The van der Waals surface area contributed by atoms with Crippen molar-refractivity contribution in [3.63, 3.8) is 0 Å². The maximum absolute atomic E-state index is 13.2. The predicted octanol–water partition coefficient (Wildman–Crippen LogP) is 2.37. The summed E-state index contributed by atoms with van der Waals surface area (Å²) in [5, 5.41) is 3.93. The smallest absolute Gasteiger partial charge is 0.259 e. The van der Waals surface area contributed by atoms with Gasteiger partial charge in [-0.15, -0.1) is 0 Å². The Hall–Kier alpha value is -2.87. The third-order valence-corrected chi connectivity index (χ3v) is 6.52. The van der Waals surface area contributed by atoms with E-state index < -0.39 is 0 Å². The highest BCUT2D eigenvalue weighted by molar-refractivity contribution is 5.96. The van der Waals surface area contributed by atoms with E-state index in [1.165, 1.54) is 0 Å². The summed E-state index contributed by atoms with van der Waals surface area (Å²) < 4.78 is 11.5. The molecule has 0 N–H and O–H groups in total. The van der Waals surface area contributed by atoms with Crippen LogP contribution in [0.5, 0.6) is 5.75 Å². The molecule has 0 radical (unpaired) electrons. The number of benzene rings is 1. The number of hydrogen-bond donors (Lipinski definition) is 0. The van der Waals surface area contributed by atoms with Gasteiger partial charge in [-0.2, -0.15) is 0 Å². The van der Waals surface area contributed by atoms with Crippen LogP contribution in [0.1, 0.15) is 34.7 Å². The van der Waals surface area contributed by atoms with Crippen LogP contribution in [0.2, 0.25) is 0 Å². The van der Waals surface area contributed by atoms with E-state index in [0.717, 1.165) is 31.9 Å². The van der Waals surface area contributed by atoms with E-state index in [1.807, 2.05) is 40.1 Å². The number of piperazine rings is 1. The average Bonchev–Trinajstić information content (AvgIpc) is 3.13. The molecule has 172 valence electrons. The molecule has 8 nitrogen and oxygen atoms in total. The Labute approximate surface area is 189 Å². The van der Waals surface area contributed by atoms with Gasteiger partial charge in [0.05, 0.1) is 5.69 Å².